The maximum Gasteiger partial charge on any atom is 0.203 e. The molecule has 23 heavy (non-hydrogen) atoms. The molecule has 0 aliphatic heterocycles. The zero-order valence-electron chi connectivity index (χ0n) is 12.4. The summed E-state index contributed by atoms with van der Waals surface area (Å²) >= 11 is 5.00. The molecule has 0 unspecified atom stereocenters. The summed E-state index contributed by atoms with van der Waals surface area (Å²) in [7, 11) is 1.66. The van der Waals surface area contributed by atoms with Gasteiger partial charge >= 0.3 is 0 Å². The van der Waals surface area contributed by atoms with E-state index in [0.29, 0.717) is 0 Å². The molecule has 0 saturated heterocycles. The Morgan fingerprint density at radius 3 is 2.91 bits per heavy atom. The molecule has 0 aliphatic carbocycles. The molecule has 0 atom stereocenters. The van der Waals surface area contributed by atoms with E-state index >= 15 is 0 Å². The van der Waals surface area contributed by atoms with Gasteiger partial charge in [0.15, 0.2) is 0 Å². The van der Waals surface area contributed by atoms with Crippen molar-refractivity contribution in [2.75, 3.05) is 12.5 Å². The third-order valence-corrected chi connectivity index (χ3v) is 4.61. The van der Waals surface area contributed by atoms with Crippen LogP contribution in [0.25, 0.3) is 11.3 Å². The summed E-state index contributed by atoms with van der Waals surface area (Å²) in [5.74, 6) is 0.817. The molecule has 0 radical (unpaired) electrons. The van der Waals surface area contributed by atoms with Gasteiger partial charge in [-0.05, 0) is 18.2 Å². The van der Waals surface area contributed by atoms with Crippen molar-refractivity contribution >= 4 is 38.6 Å². The van der Waals surface area contributed by atoms with Crippen LogP contribution in [0.5, 0.6) is 5.75 Å². The average molecular weight is 388 g/mol. The first-order valence-corrected chi connectivity index (χ1v) is 8.57. The van der Waals surface area contributed by atoms with Crippen LogP contribution in [0.1, 0.15) is 5.56 Å². The summed E-state index contributed by atoms with van der Waals surface area (Å²) in [5.41, 5.74) is 5.88. The van der Waals surface area contributed by atoms with Gasteiger partial charge in [0.2, 0.25) is 5.13 Å². The van der Waals surface area contributed by atoms with Gasteiger partial charge in [-0.1, -0.05) is 46.3 Å². The number of nitrogens with zero attached hydrogens (tertiary/aromatic N) is 2. The fraction of sp³-hybridized carbons (Fsp3) is 0.0588. The van der Waals surface area contributed by atoms with Crippen LogP contribution in [-0.2, 0) is 0 Å². The third-order valence-electron chi connectivity index (χ3n) is 3.14. The first-order chi connectivity index (χ1) is 11.3. The Kier molecular flexibility index (Phi) is 5.05. The van der Waals surface area contributed by atoms with E-state index in [-0.39, 0.29) is 0 Å². The van der Waals surface area contributed by atoms with Crippen LogP contribution < -0.4 is 10.2 Å². The van der Waals surface area contributed by atoms with Gasteiger partial charge in [0, 0.05) is 21.0 Å². The smallest absolute Gasteiger partial charge is 0.203 e. The molecule has 3 rings (SSSR count). The number of halogens is 1. The molecule has 4 nitrogen and oxygen atoms in total. The molecule has 3 aromatic rings. The molecule has 0 spiro atoms. The van der Waals surface area contributed by atoms with E-state index in [4.69, 9.17) is 4.74 Å². The second-order valence-electron chi connectivity index (χ2n) is 4.66. The van der Waals surface area contributed by atoms with Crippen molar-refractivity contribution in [3.63, 3.8) is 0 Å². The van der Waals surface area contributed by atoms with Crippen molar-refractivity contribution in [3.05, 3.63) is 63.9 Å². The Bertz CT molecular complexity index is 832. The first kappa shape index (κ1) is 15.7. The Balaban J connectivity index is 1.71. The number of rotatable bonds is 5. The molecule has 6 heteroatoms. The lowest BCUT2D eigenvalue weighted by Crippen LogP contribution is -1.91. The largest absolute Gasteiger partial charge is 0.497 e. The zero-order chi connectivity index (χ0) is 16.1. The van der Waals surface area contributed by atoms with E-state index in [1.165, 1.54) is 11.3 Å². The van der Waals surface area contributed by atoms with Crippen LogP contribution >= 0.6 is 27.3 Å². The van der Waals surface area contributed by atoms with Gasteiger partial charge in [-0.3, -0.25) is 5.43 Å². The minimum atomic E-state index is 0.742. The number of hydrogen-bond donors (Lipinski definition) is 1. The van der Waals surface area contributed by atoms with Gasteiger partial charge in [0.25, 0.3) is 0 Å². The quantitative estimate of drug-likeness (QED) is 0.493. The molecule has 0 amide bonds. The van der Waals surface area contributed by atoms with Crippen molar-refractivity contribution in [3.8, 4) is 17.0 Å². The molecule has 1 aromatic heterocycles. The predicted molar refractivity (Wildman–Crippen MR) is 99.5 cm³/mol. The third kappa shape index (κ3) is 3.97. The number of ether oxygens (including phenoxy) is 1. The van der Waals surface area contributed by atoms with Crippen LogP contribution in [-0.4, -0.2) is 18.3 Å². The number of hydrazone groups is 1. The minimum Gasteiger partial charge on any atom is -0.497 e. The van der Waals surface area contributed by atoms with Crippen LogP contribution in [0.3, 0.4) is 0 Å². The Morgan fingerprint density at radius 2 is 2.09 bits per heavy atom. The Morgan fingerprint density at radius 1 is 1.22 bits per heavy atom. The van der Waals surface area contributed by atoms with Gasteiger partial charge in [0.1, 0.15) is 5.75 Å². The highest BCUT2D eigenvalue weighted by molar-refractivity contribution is 9.10. The summed E-state index contributed by atoms with van der Waals surface area (Å²) in [6.45, 7) is 0. The van der Waals surface area contributed by atoms with Gasteiger partial charge in [-0.2, -0.15) is 5.10 Å². The van der Waals surface area contributed by atoms with Gasteiger partial charge in [-0.25, -0.2) is 4.98 Å². The number of hydrogen-bond acceptors (Lipinski definition) is 5. The van der Waals surface area contributed by atoms with Crippen molar-refractivity contribution in [2.45, 2.75) is 0 Å². The van der Waals surface area contributed by atoms with E-state index in [0.717, 1.165) is 32.2 Å². The highest BCUT2D eigenvalue weighted by atomic mass is 79.9. The van der Waals surface area contributed by atoms with E-state index in [9.17, 15) is 0 Å². The van der Waals surface area contributed by atoms with E-state index < -0.39 is 0 Å². The Hall–Kier alpha value is -2.18. The summed E-state index contributed by atoms with van der Waals surface area (Å²) in [6, 6.07) is 15.7. The lowest BCUT2D eigenvalue weighted by atomic mass is 10.2. The topological polar surface area (TPSA) is 46.5 Å². The molecule has 0 fully saturated rings. The molecule has 0 bridgehead atoms. The summed E-state index contributed by atoms with van der Waals surface area (Å²) < 4.78 is 6.24. The van der Waals surface area contributed by atoms with Crippen LogP contribution in [0.2, 0.25) is 0 Å². The fourth-order valence-corrected chi connectivity index (χ4v) is 3.03. The van der Waals surface area contributed by atoms with Gasteiger partial charge in [0.05, 0.1) is 19.0 Å². The summed E-state index contributed by atoms with van der Waals surface area (Å²) in [6.07, 6.45) is 1.76. The lowest BCUT2D eigenvalue weighted by molar-refractivity contribution is 0.415. The standard InChI is InChI=1S/C17H14BrN3OS/c1-22-14-7-4-6-12(9-14)16-11-23-17(20-16)21-19-10-13-5-2-3-8-15(13)18/h2-11H,1H3,(H,20,21)/b19-10-. The van der Waals surface area contributed by atoms with Crippen LogP contribution in [0.15, 0.2) is 63.5 Å². The summed E-state index contributed by atoms with van der Waals surface area (Å²) in [4.78, 5) is 4.54. The number of thiazole rings is 1. The molecule has 0 aliphatic rings. The molecule has 116 valence electrons. The second-order valence-corrected chi connectivity index (χ2v) is 6.37. The van der Waals surface area contributed by atoms with Crippen molar-refractivity contribution in [2.24, 2.45) is 5.10 Å². The van der Waals surface area contributed by atoms with Crippen molar-refractivity contribution in [1.82, 2.24) is 4.98 Å². The predicted octanol–water partition coefficient (Wildman–Crippen LogP) is 5.03. The molecular formula is C17H14BrN3OS. The molecule has 1 heterocycles. The highest BCUT2D eigenvalue weighted by Gasteiger charge is 2.05. The van der Waals surface area contributed by atoms with Crippen molar-refractivity contribution < 1.29 is 4.74 Å². The number of anilines is 1. The first-order valence-electron chi connectivity index (χ1n) is 6.90. The lowest BCUT2D eigenvalue weighted by Gasteiger charge is -2.01. The van der Waals surface area contributed by atoms with Gasteiger partial charge in [-0.15, -0.1) is 11.3 Å². The fourth-order valence-electron chi connectivity index (χ4n) is 1.98. The van der Waals surface area contributed by atoms with Crippen LogP contribution in [0, 0.1) is 0 Å². The maximum atomic E-state index is 5.24. The monoisotopic (exact) mass is 387 g/mol. The molecule has 2 aromatic carbocycles. The zero-order valence-corrected chi connectivity index (χ0v) is 14.8. The Labute approximate surface area is 147 Å². The molecule has 0 saturated carbocycles. The number of aromatic nitrogens is 1. The molecule has 1 N–H and O–H groups in total. The second kappa shape index (κ2) is 7.39. The summed E-state index contributed by atoms with van der Waals surface area (Å²) in [5, 5.41) is 6.96. The maximum absolute atomic E-state index is 5.24. The minimum absolute atomic E-state index is 0.742. The molecular weight excluding hydrogens is 374 g/mol. The normalized spacial score (nSPS) is 10.9. The average Bonchev–Trinajstić information content (AvgIpc) is 3.06. The van der Waals surface area contributed by atoms with E-state index in [2.05, 4.69) is 31.4 Å². The highest BCUT2D eigenvalue weighted by Crippen LogP contribution is 2.27. The number of nitrogens with one attached hydrogen (secondary N) is 1. The SMILES string of the molecule is COc1cccc(-c2csc(N/N=C\c3ccccc3Br)n2)c1. The van der Waals surface area contributed by atoms with Gasteiger partial charge < -0.3 is 4.74 Å². The number of benzene rings is 2. The van der Waals surface area contributed by atoms with Crippen molar-refractivity contribution in [1.29, 1.82) is 0 Å². The van der Waals surface area contributed by atoms with Crippen LogP contribution in [0.4, 0.5) is 5.13 Å². The number of methoxy groups -OCH3 is 1. The van der Waals surface area contributed by atoms with E-state index in [1.54, 1.807) is 13.3 Å². The van der Waals surface area contributed by atoms with E-state index in [1.807, 2.05) is 53.9 Å².